The van der Waals surface area contributed by atoms with Crippen molar-refractivity contribution >= 4 is 21.7 Å². The Bertz CT molecular complexity index is 712. The Labute approximate surface area is 168 Å². The molecule has 0 radical (unpaired) electrons. The number of para-hydroxylation sites is 1. The van der Waals surface area contributed by atoms with Crippen LogP contribution >= 0.6 is 0 Å². The Balaban J connectivity index is 1.55. The van der Waals surface area contributed by atoms with Gasteiger partial charge in [-0.1, -0.05) is 18.2 Å². The molecule has 0 aromatic heterocycles. The number of sulfonamides is 1. The molecule has 8 heteroatoms. The number of guanidine groups is 1. The summed E-state index contributed by atoms with van der Waals surface area (Å²) in [4.78, 5) is 6.82. The van der Waals surface area contributed by atoms with E-state index in [2.05, 4.69) is 19.9 Å². The Hall–Kier alpha value is -1.64. The average molecular weight is 409 g/mol. The predicted molar refractivity (Wildman–Crippen MR) is 113 cm³/mol. The quantitative estimate of drug-likeness (QED) is 0.535. The van der Waals surface area contributed by atoms with Crippen LogP contribution in [-0.4, -0.2) is 63.9 Å². The number of nitrogens with zero attached hydrogens (tertiary/aromatic N) is 2. The molecule has 2 fully saturated rings. The molecule has 28 heavy (non-hydrogen) atoms. The van der Waals surface area contributed by atoms with E-state index < -0.39 is 10.0 Å². The number of anilines is 1. The SMILES string of the molecule is O=S(=O)(CCN=C(Nc1ccccc1)N1CCCCC1)NCC1CCCCO1. The third-order valence-corrected chi connectivity index (χ3v) is 6.44. The van der Waals surface area contributed by atoms with Gasteiger partial charge in [0.2, 0.25) is 10.0 Å². The van der Waals surface area contributed by atoms with Gasteiger partial charge in [0.15, 0.2) is 5.96 Å². The molecular weight excluding hydrogens is 376 g/mol. The number of ether oxygens (including phenoxy) is 1. The third-order valence-electron chi connectivity index (χ3n) is 5.11. The molecule has 2 aliphatic rings. The minimum Gasteiger partial charge on any atom is -0.377 e. The van der Waals surface area contributed by atoms with Gasteiger partial charge in [0.05, 0.1) is 18.4 Å². The zero-order valence-electron chi connectivity index (χ0n) is 16.5. The summed E-state index contributed by atoms with van der Waals surface area (Å²) in [5, 5.41) is 3.36. The number of rotatable bonds is 7. The summed E-state index contributed by atoms with van der Waals surface area (Å²) in [6.45, 7) is 3.20. The van der Waals surface area contributed by atoms with E-state index in [4.69, 9.17) is 4.74 Å². The molecule has 0 saturated carbocycles. The summed E-state index contributed by atoms with van der Waals surface area (Å²) in [5.74, 6) is 0.741. The molecule has 1 unspecified atom stereocenters. The molecule has 2 heterocycles. The zero-order valence-corrected chi connectivity index (χ0v) is 17.3. The van der Waals surface area contributed by atoms with Crippen LogP contribution in [0.2, 0.25) is 0 Å². The molecule has 1 atom stereocenters. The van der Waals surface area contributed by atoms with Gasteiger partial charge in [-0.05, 0) is 50.7 Å². The highest BCUT2D eigenvalue weighted by Crippen LogP contribution is 2.13. The van der Waals surface area contributed by atoms with Gasteiger partial charge in [-0.3, -0.25) is 4.99 Å². The maximum Gasteiger partial charge on any atom is 0.213 e. The van der Waals surface area contributed by atoms with Crippen molar-refractivity contribution in [2.45, 2.75) is 44.6 Å². The summed E-state index contributed by atoms with van der Waals surface area (Å²) in [6.07, 6.45) is 6.58. The van der Waals surface area contributed by atoms with E-state index in [9.17, 15) is 8.42 Å². The number of hydrogen-bond acceptors (Lipinski definition) is 4. The summed E-state index contributed by atoms with van der Waals surface area (Å²) in [5.41, 5.74) is 0.960. The number of nitrogens with one attached hydrogen (secondary N) is 2. The minimum atomic E-state index is -3.36. The van der Waals surface area contributed by atoms with Crippen molar-refractivity contribution in [2.75, 3.05) is 43.9 Å². The highest BCUT2D eigenvalue weighted by Gasteiger charge is 2.19. The maximum absolute atomic E-state index is 12.3. The molecular formula is C20H32N4O3S. The van der Waals surface area contributed by atoms with E-state index in [1.165, 1.54) is 6.42 Å². The number of benzene rings is 1. The van der Waals surface area contributed by atoms with Gasteiger partial charge < -0.3 is 15.0 Å². The number of piperidine rings is 1. The topological polar surface area (TPSA) is 83.0 Å². The van der Waals surface area contributed by atoms with Gasteiger partial charge in [-0.25, -0.2) is 13.1 Å². The summed E-state index contributed by atoms with van der Waals surface area (Å²) < 4.78 is 32.9. The van der Waals surface area contributed by atoms with E-state index in [1.807, 2.05) is 30.3 Å². The first-order valence-corrected chi connectivity index (χ1v) is 12.0. The van der Waals surface area contributed by atoms with Gasteiger partial charge in [-0.15, -0.1) is 0 Å². The highest BCUT2D eigenvalue weighted by atomic mass is 32.2. The second-order valence-electron chi connectivity index (χ2n) is 7.40. The largest absolute Gasteiger partial charge is 0.377 e. The van der Waals surface area contributed by atoms with E-state index >= 15 is 0 Å². The normalized spacial score (nSPS) is 21.5. The van der Waals surface area contributed by atoms with Gasteiger partial charge in [0.25, 0.3) is 0 Å². The van der Waals surface area contributed by atoms with Gasteiger partial charge in [0, 0.05) is 31.9 Å². The molecule has 0 bridgehead atoms. The molecule has 7 nitrogen and oxygen atoms in total. The van der Waals surface area contributed by atoms with Gasteiger partial charge in [-0.2, -0.15) is 0 Å². The fraction of sp³-hybridized carbons (Fsp3) is 0.650. The standard InChI is InChI=1S/C20H32N4O3S/c25-28(26,22-17-19-11-5-8-15-27-19)16-12-21-20(24-13-6-2-7-14-24)23-18-9-3-1-4-10-18/h1,3-4,9-10,19,22H,2,5-8,11-17H2,(H,21,23). The maximum atomic E-state index is 12.3. The van der Waals surface area contributed by atoms with E-state index in [-0.39, 0.29) is 18.4 Å². The minimum absolute atomic E-state index is 0.00400. The van der Waals surface area contributed by atoms with Crippen molar-refractivity contribution in [3.05, 3.63) is 30.3 Å². The molecule has 156 valence electrons. The first-order chi connectivity index (χ1) is 13.6. The summed E-state index contributed by atoms with van der Waals surface area (Å²) >= 11 is 0. The summed E-state index contributed by atoms with van der Waals surface area (Å²) in [7, 11) is -3.36. The average Bonchev–Trinajstić information content (AvgIpc) is 2.74. The molecule has 1 aromatic rings. The van der Waals surface area contributed by atoms with E-state index in [0.29, 0.717) is 6.54 Å². The van der Waals surface area contributed by atoms with Crippen LogP contribution in [0.4, 0.5) is 5.69 Å². The van der Waals surface area contributed by atoms with Crippen LogP contribution < -0.4 is 10.0 Å². The predicted octanol–water partition coefficient (Wildman–Crippen LogP) is 2.43. The molecule has 2 aliphatic heterocycles. The van der Waals surface area contributed by atoms with Crippen molar-refractivity contribution < 1.29 is 13.2 Å². The first kappa shape index (κ1) is 21.1. The third kappa shape index (κ3) is 7.07. The Kier molecular flexibility index (Phi) is 8.12. The lowest BCUT2D eigenvalue weighted by Gasteiger charge is -2.30. The smallest absolute Gasteiger partial charge is 0.213 e. The lowest BCUT2D eigenvalue weighted by molar-refractivity contribution is 0.0200. The van der Waals surface area contributed by atoms with Crippen LogP contribution in [0.25, 0.3) is 0 Å². The van der Waals surface area contributed by atoms with Crippen LogP contribution in [0.5, 0.6) is 0 Å². The van der Waals surface area contributed by atoms with E-state index in [0.717, 1.165) is 63.4 Å². The van der Waals surface area contributed by atoms with Gasteiger partial charge in [0.1, 0.15) is 0 Å². The van der Waals surface area contributed by atoms with Crippen LogP contribution in [-0.2, 0) is 14.8 Å². The van der Waals surface area contributed by atoms with Crippen molar-refractivity contribution in [1.29, 1.82) is 0 Å². The fourth-order valence-corrected chi connectivity index (χ4v) is 4.42. The monoisotopic (exact) mass is 408 g/mol. The first-order valence-electron chi connectivity index (χ1n) is 10.3. The summed E-state index contributed by atoms with van der Waals surface area (Å²) in [6, 6.07) is 9.89. The second-order valence-corrected chi connectivity index (χ2v) is 9.33. The van der Waals surface area contributed by atoms with Crippen LogP contribution in [0, 0.1) is 0 Å². The van der Waals surface area contributed by atoms with E-state index in [1.54, 1.807) is 0 Å². The second kappa shape index (κ2) is 10.8. The molecule has 2 N–H and O–H groups in total. The van der Waals surface area contributed by atoms with Crippen molar-refractivity contribution in [1.82, 2.24) is 9.62 Å². The molecule has 3 rings (SSSR count). The van der Waals surface area contributed by atoms with Crippen molar-refractivity contribution in [2.24, 2.45) is 4.99 Å². The van der Waals surface area contributed by atoms with Crippen LogP contribution in [0.1, 0.15) is 38.5 Å². The van der Waals surface area contributed by atoms with Crippen molar-refractivity contribution in [3.8, 4) is 0 Å². The molecule has 1 aromatic carbocycles. The fourth-order valence-electron chi connectivity index (χ4n) is 3.51. The molecule has 2 saturated heterocycles. The Morgan fingerprint density at radius 2 is 1.89 bits per heavy atom. The number of likely N-dealkylation sites (tertiary alicyclic amines) is 1. The Morgan fingerprint density at radius 3 is 2.61 bits per heavy atom. The zero-order chi connectivity index (χ0) is 19.7. The number of hydrogen-bond donors (Lipinski definition) is 2. The molecule has 0 amide bonds. The molecule has 0 aliphatic carbocycles. The lowest BCUT2D eigenvalue weighted by atomic mass is 10.1. The van der Waals surface area contributed by atoms with Crippen LogP contribution in [0.3, 0.4) is 0 Å². The van der Waals surface area contributed by atoms with Crippen molar-refractivity contribution in [3.63, 3.8) is 0 Å². The highest BCUT2D eigenvalue weighted by molar-refractivity contribution is 7.89. The van der Waals surface area contributed by atoms with Crippen LogP contribution in [0.15, 0.2) is 35.3 Å². The Morgan fingerprint density at radius 1 is 1.11 bits per heavy atom. The molecule has 0 spiro atoms. The number of aliphatic imine (C=N–C) groups is 1. The van der Waals surface area contributed by atoms with Gasteiger partial charge >= 0.3 is 0 Å². The lowest BCUT2D eigenvalue weighted by Crippen LogP contribution is -2.41.